The van der Waals surface area contributed by atoms with E-state index in [0.717, 1.165) is 17.1 Å². The number of benzene rings is 7. The van der Waals surface area contributed by atoms with Crippen LogP contribution < -0.4 is 4.90 Å². The van der Waals surface area contributed by atoms with Crippen LogP contribution in [0.15, 0.2) is 158 Å². The molecule has 0 aliphatic carbocycles. The van der Waals surface area contributed by atoms with Gasteiger partial charge in [-0.25, -0.2) is 0 Å². The van der Waals surface area contributed by atoms with Crippen LogP contribution in [0.2, 0.25) is 0 Å². The van der Waals surface area contributed by atoms with Gasteiger partial charge in [-0.2, -0.15) is 0 Å². The molecule has 0 aliphatic heterocycles. The van der Waals surface area contributed by atoms with Crippen LogP contribution in [0, 0.1) is 0 Å². The lowest BCUT2D eigenvalue weighted by molar-refractivity contribution is 1.29. The van der Waals surface area contributed by atoms with E-state index in [-0.39, 0.29) is 0 Å². The molecule has 10 rings (SSSR count). The van der Waals surface area contributed by atoms with Gasteiger partial charge in [-0.05, 0) is 71.8 Å². The summed E-state index contributed by atoms with van der Waals surface area (Å²) in [7, 11) is 0. The average Bonchev–Trinajstić information content (AvgIpc) is 3.76. The molecule has 0 radical (unpaired) electrons. The van der Waals surface area contributed by atoms with Gasteiger partial charge < -0.3 is 9.30 Å². The molecule has 3 heterocycles. The van der Waals surface area contributed by atoms with E-state index in [1.807, 2.05) is 11.3 Å². The van der Waals surface area contributed by atoms with Crippen molar-refractivity contribution in [2.45, 2.75) is 0 Å². The molecular weight excluding hydrogens is 565 g/mol. The summed E-state index contributed by atoms with van der Waals surface area (Å²) in [5, 5.41) is 7.79. The highest BCUT2D eigenvalue weighted by atomic mass is 32.1. The van der Waals surface area contributed by atoms with Crippen molar-refractivity contribution in [2.75, 3.05) is 4.90 Å². The summed E-state index contributed by atoms with van der Waals surface area (Å²) in [6.45, 7) is 0. The van der Waals surface area contributed by atoms with Gasteiger partial charge in [-0.1, -0.05) is 97.1 Å². The standard InChI is InChI=1S/C42H26N2S/c1-2-9-27(10-3-1)28-17-19-29(20-18-28)43(31-22-24-41-37(26-31)33-12-5-7-16-40(33)45-41)30-21-23-39-36(25-30)35-14-8-13-34-32-11-4-6-15-38(32)44(39)42(34)35/h1-26H. The molecule has 0 fully saturated rings. The minimum atomic E-state index is 1.13. The number of aromatic nitrogens is 1. The summed E-state index contributed by atoms with van der Waals surface area (Å²) in [4.78, 5) is 2.41. The highest BCUT2D eigenvalue weighted by molar-refractivity contribution is 7.25. The third kappa shape index (κ3) is 3.62. The smallest absolute Gasteiger partial charge is 0.0620 e. The normalized spacial score (nSPS) is 12.0. The van der Waals surface area contributed by atoms with Gasteiger partial charge in [0.1, 0.15) is 0 Å². The van der Waals surface area contributed by atoms with E-state index in [4.69, 9.17) is 0 Å². The quantitative estimate of drug-likeness (QED) is 0.198. The second-order valence-corrected chi connectivity index (χ2v) is 12.9. The van der Waals surface area contributed by atoms with Gasteiger partial charge >= 0.3 is 0 Å². The second-order valence-electron chi connectivity index (χ2n) is 11.8. The molecule has 3 heteroatoms. The number of rotatable bonds is 4. The van der Waals surface area contributed by atoms with Crippen molar-refractivity contribution >= 4 is 86.7 Å². The van der Waals surface area contributed by atoms with Gasteiger partial charge in [0.2, 0.25) is 0 Å². The van der Waals surface area contributed by atoms with Crippen molar-refractivity contribution in [3.8, 4) is 11.1 Å². The fourth-order valence-corrected chi connectivity index (χ4v) is 8.38. The van der Waals surface area contributed by atoms with Crippen molar-refractivity contribution in [3.05, 3.63) is 158 Å². The maximum atomic E-state index is 2.45. The van der Waals surface area contributed by atoms with Crippen molar-refractivity contribution in [1.82, 2.24) is 4.40 Å². The molecule has 0 bridgehead atoms. The summed E-state index contributed by atoms with van der Waals surface area (Å²) in [5.41, 5.74) is 9.67. The zero-order valence-electron chi connectivity index (χ0n) is 24.3. The molecule has 0 N–H and O–H groups in total. The molecular formula is C42H26N2S. The predicted molar refractivity (Wildman–Crippen MR) is 194 cm³/mol. The molecule has 0 unspecified atom stereocenters. The number of anilines is 3. The zero-order valence-corrected chi connectivity index (χ0v) is 25.1. The first-order chi connectivity index (χ1) is 22.3. The van der Waals surface area contributed by atoms with Crippen LogP contribution in [0.1, 0.15) is 0 Å². The van der Waals surface area contributed by atoms with Gasteiger partial charge in [-0.3, -0.25) is 0 Å². The number of nitrogens with zero attached hydrogens (tertiary/aromatic N) is 2. The van der Waals surface area contributed by atoms with E-state index in [0.29, 0.717) is 0 Å². The van der Waals surface area contributed by atoms with Crippen molar-refractivity contribution in [1.29, 1.82) is 0 Å². The lowest BCUT2D eigenvalue weighted by Crippen LogP contribution is -2.09. The topological polar surface area (TPSA) is 7.65 Å². The fraction of sp³-hybridized carbons (Fsp3) is 0. The van der Waals surface area contributed by atoms with Gasteiger partial charge in [0.05, 0.1) is 16.6 Å². The van der Waals surface area contributed by atoms with E-state index in [1.54, 1.807) is 0 Å². The van der Waals surface area contributed by atoms with E-state index < -0.39 is 0 Å². The first kappa shape index (κ1) is 24.8. The molecule has 0 saturated heterocycles. The Morgan fingerprint density at radius 2 is 0.956 bits per heavy atom. The average molecular weight is 591 g/mol. The predicted octanol–water partition coefficient (Wildman–Crippen LogP) is 12.3. The number of hydrogen-bond acceptors (Lipinski definition) is 2. The van der Waals surface area contributed by atoms with E-state index in [2.05, 4.69) is 167 Å². The molecule has 0 spiro atoms. The van der Waals surface area contributed by atoms with Crippen LogP contribution in [-0.2, 0) is 0 Å². The molecule has 0 saturated carbocycles. The van der Waals surface area contributed by atoms with Crippen molar-refractivity contribution in [3.63, 3.8) is 0 Å². The van der Waals surface area contributed by atoms with Crippen LogP contribution in [-0.4, -0.2) is 4.40 Å². The third-order valence-corrected chi connectivity index (χ3v) is 10.5. The molecule has 2 nitrogen and oxygen atoms in total. The molecule has 7 aromatic carbocycles. The van der Waals surface area contributed by atoms with Crippen molar-refractivity contribution in [2.24, 2.45) is 0 Å². The first-order valence-electron chi connectivity index (χ1n) is 15.4. The molecule has 0 aliphatic rings. The largest absolute Gasteiger partial charge is 0.310 e. The number of fused-ring (bicyclic) bond motifs is 9. The van der Waals surface area contributed by atoms with Crippen LogP contribution >= 0.6 is 11.3 Å². The first-order valence-corrected chi connectivity index (χ1v) is 16.2. The lowest BCUT2D eigenvalue weighted by atomic mass is 10.0. The molecule has 10 aromatic rings. The highest BCUT2D eigenvalue weighted by Gasteiger charge is 2.20. The summed E-state index contributed by atoms with van der Waals surface area (Å²) in [6, 6.07) is 57.7. The molecule has 0 atom stereocenters. The van der Waals surface area contributed by atoms with Crippen LogP contribution in [0.3, 0.4) is 0 Å². The van der Waals surface area contributed by atoms with E-state index in [1.165, 1.54) is 69.4 Å². The Kier molecular flexibility index (Phi) is 5.19. The lowest BCUT2D eigenvalue weighted by Gasteiger charge is -2.26. The minimum Gasteiger partial charge on any atom is -0.310 e. The molecule has 45 heavy (non-hydrogen) atoms. The Labute approximate surface area is 264 Å². The summed E-state index contributed by atoms with van der Waals surface area (Å²) in [5.74, 6) is 0. The summed E-state index contributed by atoms with van der Waals surface area (Å²) < 4.78 is 5.08. The van der Waals surface area contributed by atoms with Crippen LogP contribution in [0.5, 0.6) is 0 Å². The van der Waals surface area contributed by atoms with Crippen LogP contribution in [0.4, 0.5) is 17.1 Å². The Bertz CT molecular complexity index is 2700. The monoisotopic (exact) mass is 590 g/mol. The van der Waals surface area contributed by atoms with Crippen molar-refractivity contribution < 1.29 is 0 Å². The maximum absolute atomic E-state index is 2.45. The van der Waals surface area contributed by atoms with Gasteiger partial charge in [0, 0.05) is 58.8 Å². The van der Waals surface area contributed by atoms with Gasteiger partial charge in [-0.15, -0.1) is 11.3 Å². The highest BCUT2D eigenvalue weighted by Crippen LogP contribution is 2.44. The van der Waals surface area contributed by atoms with Gasteiger partial charge in [0.15, 0.2) is 0 Å². The number of hydrogen-bond donors (Lipinski definition) is 0. The Hall–Kier alpha value is -5.64. The maximum Gasteiger partial charge on any atom is 0.0620 e. The second kappa shape index (κ2) is 9.43. The fourth-order valence-electron chi connectivity index (χ4n) is 7.29. The third-order valence-electron chi connectivity index (χ3n) is 9.32. The Balaban J connectivity index is 1.21. The SMILES string of the molecule is c1ccc(-c2ccc(N(c3ccc4sc5ccccc5c4c3)c3ccc4c(c3)c3cccc5c6ccccc6n4c53)cc2)cc1. The Morgan fingerprint density at radius 3 is 1.80 bits per heavy atom. The summed E-state index contributed by atoms with van der Waals surface area (Å²) in [6.07, 6.45) is 0. The minimum absolute atomic E-state index is 1.13. The number of para-hydroxylation sites is 2. The Morgan fingerprint density at radius 1 is 0.378 bits per heavy atom. The molecule has 0 amide bonds. The van der Waals surface area contributed by atoms with E-state index in [9.17, 15) is 0 Å². The molecule has 210 valence electrons. The zero-order chi connectivity index (χ0) is 29.5. The van der Waals surface area contributed by atoms with Crippen LogP contribution in [0.25, 0.3) is 69.4 Å². The summed E-state index contributed by atoms with van der Waals surface area (Å²) >= 11 is 1.86. The molecule has 3 aromatic heterocycles. The number of thiophene rings is 1. The van der Waals surface area contributed by atoms with E-state index >= 15 is 0 Å². The van der Waals surface area contributed by atoms with Gasteiger partial charge in [0.25, 0.3) is 0 Å².